The molecule has 0 unspecified atom stereocenters. The fraction of sp³-hybridized carbons (Fsp3) is 0.167. The number of hydrogen-bond donors (Lipinski definition) is 1. The van der Waals surface area contributed by atoms with E-state index in [1.165, 1.54) is 16.6 Å². The number of nitrogen functional groups attached to an aromatic ring is 1. The Hall–Kier alpha value is -4.45. The number of halogens is 1. The zero-order valence-corrected chi connectivity index (χ0v) is 23.0. The second kappa shape index (κ2) is 10.8. The highest BCUT2D eigenvalue weighted by atomic mass is 32.2. The first-order valence-corrected chi connectivity index (χ1v) is 14.6. The maximum Gasteiger partial charge on any atom is 0.235 e. The smallest absolute Gasteiger partial charge is 0.235 e. The summed E-state index contributed by atoms with van der Waals surface area (Å²) < 4.78 is 41.0. The van der Waals surface area contributed by atoms with Gasteiger partial charge in [-0.1, -0.05) is 30.8 Å². The third kappa shape index (κ3) is 5.34. The first-order chi connectivity index (χ1) is 19.8. The van der Waals surface area contributed by atoms with E-state index in [4.69, 9.17) is 5.73 Å². The Morgan fingerprint density at radius 2 is 1.66 bits per heavy atom. The minimum atomic E-state index is -3.39. The Labute approximate surface area is 237 Å². The summed E-state index contributed by atoms with van der Waals surface area (Å²) in [5, 5.41) is 1.01. The number of sulfonamides is 1. The van der Waals surface area contributed by atoms with Gasteiger partial charge in [0.05, 0.1) is 23.6 Å². The number of anilines is 1. The molecule has 9 nitrogen and oxygen atoms in total. The van der Waals surface area contributed by atoms with E-state index in [1.807, 2.05) is 28.9 Å². The molecule has 5 heterocycles. The Morgan fingerprint density at radius 1 is 0.902 bits per heavy atom. The minimum Gasteiger partial charge on any atom is -0.383 e. The highest BCUT2D eigenvalue weighted by molar-refractivity contribution is 7.92. The Balaban J connectivity index is 1.32. The highest BCUT2D eigenvalue weighted by Crippen LogP contribution is 2.39. The molecule has 2 N–H and O–H groups in total. The number of benzene rings is 1. The van der Waals surface area contributed by atoms with Gasteiger partial charge in [-0.05, 0) is 35.4 Å². The van der Waals surface area contributed by atoms with Crippen LogP contribution in [0.5, 0.6) is 0 Å². The van der Waals surface area contributed by atoms with E-state index < -0.39 is 15.8 Å². The monoisotopic (exact) mass is 569 g/mol. The summed E-state index contributed by atoms with van der Waals surface area (Å²) in [5.41, 5.74) is 13.2. The van der Waals surface area contributed by atoms with Crippen molar-refractivity contribution in [3.63, 3.8) is 0 Å². The molecule has 4 aromatic heterocycles. The number of aromatic nitrogens is 4. The van der Waals surface area contributed by atoms with Gasteiger partial charge in [0.1, 0.15) is 17.3 Å². The summed E-state index contributed by atoms with van der Waals surface area (Å²) in [6.07, 6.45) is 8.49. The van der Waals surface area contributed by atoms with E-state index in [0.29, 0.717) is 43.4 Å². The van der Waals surface area contributed by atoms with E-state index >= 15 is 0 Å². The molecule has 208 valence electrons. The van der Waals surface area contributed by atoms with Crippen LogP contribution in [-0.2, 0) is 16.6 Å². The molecule has 1 aromatic carbocycles. The summed E-state index contributed by atoms with van der Waals surface area (Å²) in [5.74, 6) is 0.0195. The van der Waals surface area contributed by atoms with Crippen LogP contribution in [-0.4, -0.2) is 63.2 Å². The number of pyridine rings is 2. The van der Waals surface area contributed by atoms with Gasteiger partial charge in [-0.2, -0.15) is 4.31 Å². The fourth-order valence-electron chi connectivity index (χ4n) is 5.17. The van der Waals surface area contributed by atoms with Crippen molar-refractivity contribution in [2.45, 2.75) is 6.54 Å². The molecule has 0 aliphatic carbocycles. The van der Waals surface area contributed by atoms with Crippen LogP contribution in [0.2, 0.25) is 0 Å². The van der Waals surface area contributed by atoms with Crippen molar-refractivity contribution in [2.75, 3.05) is 31.9 Å². The van der Waals surface area contributed by atoms with Crippen LogP contribution in [0.4, 0.5) is 10.2 Å². The van der Waals surface area contributed by atoms with Crippen molar-refractivity contribution in [3.05, 3.63) is 103 Å². The quantitative estimate of drug-likeness (QED) is 0.309. The van der Waals surface area contributed by atoms with Crippen LogP contribution in [0, 0.1) is 5.82 Å². The number of rotatable bonds is 7. The van der Waals surface area contributed by atoms with Crippen molar-refractivity contribution >= 4 is 21.4 Å². The predicted octanol–water partition coefficient (Wildman–Crippen LogP) is 4.44. The molecule has 1 aliphatic heterocycles. The van der Waals surface area contributed by atoms with Crippen LogP contribution in [0.1, 0.15) is 5.56 Å². The summed E-state index contributed by atoms with van der Waals surface area (Å²) in [6.45, 7) is 6.34. The number of nitrogens with zero attached hydrogens (tertiary/aromatic N) is 6. The molecule has 0 spiro atoms. The Kier molecular flexibility index (Phi) is 7.08. The van der Waals surface area contributed by atoms with Gasteiger partial charge in [0.2, 0.25) is 10.0 Å². The van der Waals surface area contributed by atoms with Gasteiger partial charge in [-0.3, -0.25) is 14.9 Å². The van der Waals surface area contributed by atoms with Gasteiger partial charge in [0.15, 0.2) is 0 Å². The minimum absolute atomic E-state index is 0.404. The maximum atomic E-state index is 13.4. The molecule has 5 aromatic rings. The van der Waals surface area contributed by atoms with Crippen molar-refractivity contribution < 1.29 is 12.8 Å². The Bertz CT molecular complexity index is 1830. The third-order valence-electron chi connectivity index (χ3n) is 7.33. The van der Waals surface area contributed by atoms with Gasteiger partial charge in [-0.15, -0.1) is 0 Å². The van der Waals surface area contributed by atoms with E-state index in [2.05, 4.69) is 50.7 Å². The second-order valence-electron chi connectivity index (χ2n) is 9.86. The molecule has 6 rings (SSSR count). The van der Waals surface area contributed by atoms with Crippen LogP contribution in [0.15, 0.2) is 91.5 Å². The maximum absolute atomic E-state index is 13.4. The van der Waals surface area contributed by atoms with Gasteiger partial charge in [-0.25, -0.2) is 17.8 Å². The lowest BCUT2D eigenvalue weighted by Crippen LogP contribution is -2.47. The van der Waals surface area contributed by atoms with Crippen molar-refractivity contribution in [3.8, 4) is 33.6 Å². The van der Waals surface area contributed by atoms with E-state index in [-0.39, 0.29) is 0 Å². The molecular weight excluding hydrogens is 541 g/mol. The lowest BCUT2D eigenvalue weighted by atomic mass is 9.97. The van der Waals surface area contributed by atoms with Gasteiger partial charge < -0.3 is 10.1 Å². The molecule has 1 fully saturated rings. The van der Waals surface area contributed by atoms with Gasteiger partial charge in [0.25, 0.3) is 0 Å². The second-order valence-corrected chi connectivity index (χ2v) is 11.7. The number of piperazine rings is 1. The predicted molar refractivity (Wildman–Crippen MR) is 157 cm³/mol. The zero-order chi connectivity index (χ0) is 28.6. The van der Waals surface area contributed by atoms with Crippen LogP contribution >= 0.6 is 0 Å². The van der Waals surface area contributed by atoms with Crippen LogP contribution in [0.25, 0.3) is 39.2 Å². The summed E-state index contributed by atoms with van der Waals surface area (Å²) >= 11 is 0. The van der Waals surface area contributed by atoms with Crippen molar-refractivity contribution in [1.82, 2.24) is 28.6 Å². The molecule has 0 saturated carbocycles. The largest absolute Gasteiger partial charge is 0.383 e. The number of fused-ring (bicyclic) bond motifs is 1. The average molecular weight is 570 g/mol. The first-order valence-electron chi connectivity index (χ1n) is 13.1. The SMILES string of the molecule is C=CS(=O)(=O)N1CCN(Cc2ccc(-c3c(-c4cccnc4N)cn4cc(-c5ccc(F)cn5)ncc34)cc2)CC1. The lowest BCUT2D eigenvalue weighted by molar-refractivity contribution is 0.182. The summed E-state index contributed by atoms with van der Waals surface area (Å²) in [7, 11) is -3.39. The standard InChI is InChI=1S/C30H28FN7O2S/c1-2-41(39,40)38-14-12-36(13-15-38)18-21-5-7-22(8-6-21)29-25(24-4-3-11-33-30(24)32)19-37-20-27(35-17-28(29)37)26-10-9-23(31)16-34-26/h2-11,16-17,19-20H,1,12-15,18H2,(H2,32,33). The molecule has 1 aliphatic rings. The molecule has 11 heteroatoms. The third-order valence-corrected chi connectivity index (χ3v) is 8.83. The topological polar surface area (TPSA) is 110 Å². The van der Waals surface area contributed by atoms with Crippen LogP contribution in [0.3, 0.4) is 0 Å². The van der Waals surface area contributed by atoms with Gasteiger partial charge >= 0.3 is 0 Å². The molecule has 41 heavy (non-hydrogen) atoms. The molecule has 0 amide bonds. The number of nitrogens with two attached hydrogens (primary N) is 1. The van der Waals surface area contributed by atoms with Gasteiger partial charge in [0, 0.05) is 73.4 Å². The van der Waals surface area contributed by atoms with E-state index in [0.717, 1.165) is 45.3 Å². The molecule has 1 saturated heterocycles. The highest BCUT2D eigenvalue weighted by Gasteiger charge is 2.24. The summed E-state index contributed by atoms with van der Waals surface area (Å²) in [6, 6.07) is 15.1. The van der Waals surface area contributed by atoms with Crippen LogP contribution < -0.4 is 5.73 Å². The molecule has 0 atom stereocenters. The molecule has 0 radical (unpaired) electrons. The zero-order valence-electron chi connectivity index (χ0n) is 22.2. The Morgan fingerprint density at radius 3 is 2.34 bits per heavy atom. The van der Waals surface area contributed by atoms with Crippen molar-refractivity contribution in [1.29, 1.82) is 0 Å². The van der Waals surface area contributed by atoms with E-state index in [9.17, 15) is 12.8 Å². The van der Waals surface area contributed by atoms with E-state index in [1.54, 1.807) is 18.5 Å². The fourth-order valence-corrected chi connectivity index (χ4v) is 6.05. The first kappa shape index (κ1) is 26.8. The van der Waals surface area contributed by atoms with Crippen molar-refractivity contribution in [2.24, 2.45) is 0 Å². The normalized spacial score (nSPS) is 14.9. The molecule has 0 bridgehead atoms. The number of hydrogen-bond acceptors (Lipinski definition) is 7. The summed E-state index contributed by atoms with van der Waals surface area (Å²) in [4.78, 5) is 15.3. The molecular formula is C30H28FN7O2S. The average Bonchev–Trinajstić information content (AvgIpc) is 3.37. The lowest BCUT2D eigenvalue weighted by Gasteiger charge is -2.33.